The van der Waals surface area contributed by atoms with Crippen LogP contribution in [0.5, 0.6) is 0 Å². The fourth-order valence-corrected chi connectivity index (χ4v) is 3.53. The number of aryl methyl sites for hydroxylation is 2. The van der Waals surface area contributed by atoms with Gasteiger partial charge in [-0.1, -0.05) is 13.5 Å². The monoisotopic (exact) mass is 268 g/mol. The van der Waals surface area contributed by atoms with Crippen molar-refractivity contribution in [2.45, 2.75) is 38.6 Å². The summed E-state index contributed by atoms with van der Waals surface area (Å²) in [5, 5.41) is 1.09. The predicted octanol–water partition coefficient (Wildman–Crippen LogP) is 3.02. The van der Waals surface area contributed by atoms with E-state index in [1.807, 2.05) is 0 Å². The average molecular weight is 268 g/mol. The van der Waals surface area contributed by atoms with Gasteiger partial charge in [0.2, 0.25) is 0 Å². The van der Waals surface area contributed by atoms with E-state index in [9.17, 15) is 9.18 Å². The van der Waals surface area contributed by atoms with Crippen molar-refractivity contribution in [1.82, 2.24) is 9.88 Å². The largest absolute Gasteiger partial charge is 0.332 e. The van der Waals surface area contributed by atoms with Crippen LogP contribution in [0.15, 0.2) is 12.4 Å². The van der Waals surface area contributed by atoms with E-state index >= 15 is 0 Å². The molecule has 2 rings (SSSR count). The Hall–Kier alpha value is -1.23. The summed E-state index contributed by atoms with van der Waals surface area (Å²) in [6, 6.07) is -0.0495. The maximum Gasteiger partial charge on any atom is 0.282 e. The lowest BCUT2D eigenvalue weighted by molar-refractivity contribution is -0.129. The second-order valence-corrected chi connectivity index (χ2v) is 5.62. The third-order valence-electron chi connectivity index (χ3n) is 3.29. The van der Waals surface area contributed by atoms with Gasteiger partial charge in [-0.2, -0.15) is 0 Å². The molecule has 5 heteroatoms. The van der Waals surface area contributed by atoms with Gasteiger partial charge in [0.25, 0.3) is 5.91 Å². The van der Waals surface area contributed by atoms with Gasteiger partial charge in [-0.05, 0) is 25.7 Å². The first kappa shape index (κ1) is 13.2. The zero-order chi connectivity index (χ0) is 13.3. The highest BCUT2D eigenvalue weighted by Crippen LogP contribution is 2.38. The first-order chi connectivity index (χ1) is 8.54. The molecule has 0 bridgehead atoms. The predicted molar refractivity (Wildman–Crippen MR) is 70.2 cm³/mol. The van der Waals surface area contributed by atoms with Crippen LogP contribution in [0, 0.1) is 0 Å². The van der Waals surface area contributed by atoms with Gasteiger partial charge in [-0.3, -0.25) is 4.79 Å². The number of fused-ring (bicyclic) bond motifs is 1. The van der Waals surface area contributed by atoms with Crippen molar-refractivity contribution < 1.29 is 9.18 Å². The Bertz CT molecular complexity index is 483. The van der Waals surface area contributed by atoms with E-state index < -0.39 is 11.7 Å². The molecular formula is C13H17FN2OS. The molecule has 1 aromatic rings. The Morgan fingerprint density at radius 1 is 1.67 bits per heavy atom. The van der Waals surface area contributed by atoms with E-state index in [0.717, 1.165) is 41.3 Å². The number of hydrogen-bond donors (Lipinski definition) is 0. The number of likely N-dealkylation sites (N-methyl/N-ethyl adjacent to an activating group) is 1. The standard InChI is InChI=1S/C13H17FN2OS/c1-4-11-15-9-6-5-7-10(12(9)18-11)16(3)13(17)8(2)14/h10H,2,4-7H2,1,3H3. The molecule has 1 heterocycles. The van der Waals surface area contributed by atoms with Crippen LogP contribution in [0.2, 0.25) is 0 Å². The van der Waals surface area contributed by atoms with Gasteiger partial charge < -0.3 is 4.90 Å². The molecule has 0 fully saturated rings. The lowest BCUT2D eigenvalue weighted by Crippen LogP contribution is -2.32. The Labute approximate surface area is 110 Å². The fourth-order valence-electron chi connectivity index (χ4n) is 2.30. The van der Waals surface area contributed by atoms with Crippen LogP contribution >= 0.6 is 11.3 Å². The average Bonchev–Trinajstić information content (AvgIpc) is 2.79. The van der Waals surface area contributed by atoms with Crippen LogP contribution in [0.1, 0.15) is 41.4 Å². The summed E-state index contributed by atoms with van der Waals surface area (Å²) in [6.45, 7) is 5.15. The van der Waals surface area contributed by atoms with Gasteiger partial charge in [-0.25, -0.2) is 9.37 Å². The van der Waals surface area contributed by atoms with Gasteiger partial charge in [0.05, 0.1) is 21.6 Å². The summed E-state index contributed by atoms with van der Waals surface area (Å²) >= 11 is 1.64. The van der Waals surface area contributed by atoms with Crippen LogP contribution in [0.3, 0.4) is 0 Å². The van der Waals surface area contributed by atoms with Crippen molar-refractivity contribution in [2.24, 2.45) is 0 Å². The van der Waals surface area contributed by atoms with Crippen molar-refractivity contribution in [3.8, 4) is 0 Å². The summed E-state index contributed by atoms with van der Waals surface area (Å²) in [6.07, 6.45) is 3.72. The quantitative estimate of drug-likeness (QED) is 0.789. The first-order valence-corrected chi connectivity index (χ1v) is 6.96. The molecule has 0 aromatic carbocycles. The first-order valence-electron chi connectivity index (χ1n) is 6.14. The Balaban J connectivity index is 2.29. The maximum atomic E-state index is 12.9. The minimum absolute atomic E-state index is 0.0495. The van der Waals surface area contributed by atoms with Crippen LogP contribution in [0.25, 0.3) is 0 Å². The molecule has 1 aliphatic carbocycles. The number of nitrogens with zero attached hydrogens (tertiary/aromatic N) is 2. The van der Waals surface area contributed by atoms with E-state index in [1.165, 1.54) is 4.90 Å². The van der Waals surface area contributed by atoms with Crippen LogP contribution in [0.4, 0.5) is 4.39 Å². The number of halogens is 1. The van der Waals surface area contributed by atoms with E-state index in [1.54, 1.807) is 18.4 Å². The molecule has 18 heavy (non-hydrogen) atoms. The smallest absolute Gasteiger partial charge is 0.282 e. The summed E-state index contributed by atoms with van der Waals surface area (Å²) in [5.74, 6) is -1.52. The SMILES string of the molecule is C=C(F)C(=O)N(C)C1CCCc2nc(CC)sc21. The molecule has 0 radical (unpaired) electrons. The second kappa shape index (κ2) is 5.18. The van der Waals surface area contributed by atoms with Gasteiger partial charge in [0.15, 0.2) is 5.83 Å². The van der Waals surface area contributed by atoms with E-state index in [4.69, 9.17) is 0 Å². The van der Waals surface area contributed by atoms with Crippen LogP contribution in [-0.4, -0.2) is 22.8 Å². The zero-order valence-electron chi connectivity index (χ0n) is 10.7. The molecule has 0 N–H and O–H groups in total. The summed E-state index contributed by atoms with van der Waals surface area (Å²) in [5.41, 5.74) is 1.08. The molecule has 0 saturated carbocycles. The summed E-state index contributed by atoms with van der Waals surface area (Å²) < 4.78 is 12.9. The zero-order valence-corrected chi connectivity index (χ0v) is 11.5. The number of carbonyl (C=O) groups excluding carboxylic acids is 1. The highest BCUT2D eigenvalue weighted by atomic mass is 32.1. The van der Waals surface area contributed by atoms with Crippen molar-refractivity contribution in [3.63, 3.8) is 0 Å². The highest BCUT2D eigenvalue weighted by Gasteiger charge is 2.30. The van der Waals surface area contributed by atoms with Crippen molar-refractivity contribution in [3.05, 3.63) is 28.0 Å². The second-order valence-electron chi connectivity index (χ2n) is 4.50. The third-order valence-corrected chi connectivity index (χ3v) is 4.63. The normalized spacial score (nSPS) is 18.3. The summed E-state index contributed by atoms with van der Waals surface area (Å²) in [7, 11) is 1.64. The number of thiazole rings is 1. The van der Waals surface area contributed by atoms with Gasteiger partial charge in [0.1, 0.15) is 0 Å². The van der Waals surface area contributed by atoms with Gasteiger partial charge in [-0.15, -0.1) is 11.3 Å². The van der Waals surface area contributed by atoms with Gasteiger partial charge in [0, 0.05) is 7.05 Å². The molecule has 98 valence electrons. The Kier molecular flexibility index (Phi) is 3.80. The van der Waals surface area contributed by atoms with Gasteiger partial charge >= 0.3 is 0 Å². The minimum Gasteiger partial charge on any atom is -0.332 e. The minimum atomic E-state index is -0.898. The molecule has 3 nitrogen and oxygen atoms in total. The Morgan fingerprint density at radius 3 is 3.00 bits per heavy atom. The molecule has 1 atom stereocenters. The van der Waals surface area contributed by atoms with E-state index in [-0.39, 0.29) is 6.04 Å². The summed E-state index contributed by atoms with van der Waals surface area (Å²) in [4.78, 5) is 18.8. The number of rotatable bonds is 3. The van der Waals surface area contributed by atoms with Crippen molar-refractivity contribution >= 4 is 17.2 Å². The highest BCUT2D eigenvalue weighted by molar-refractivity contribution is 7.11. The number of carbonyl (C=O) groups is 1. The van der Waals surface area contributed by atoms with Crippen molar-refractivity contribution in [2.75, 3.05) is 7.05 Å². The van der Waals surface area contributed by atoms with E-state index in [0.29, 0.717) is 0 Å². The molecular weight excluding hydrogens is 251 g/mol. The number of aromatic nitrogens is 1. The van der Waals surface area contributed by atoms with Crippen LogP contribution in [-0.2, 0) is 17.6 Å². The third kappa shape index (κ3) is 2.32. The molecule has 1 aromatic heterocycles. The fraction of sp³-hybridized carbons (Fsp3) is 0.538. The molecule has 0 aliphatic heterocycles. The molecule has 1 amide bonds. The van der Waals surface area contributed by atoms with Crippen molar-refractivity contribution in [1.29, 1.82) is 0 Å². The molecule has 0 saturated heterocycles. The maximum absolute atomic E-state index is 12.9. The topological polar surface area (TPSA) is 33.2 Å². The van der Waals surface area contributed by atoms with E-state index in [2.05, 4.69) is 18.5 Å². The Morgan fingerprint density at radius 2 is 2.39 bits per heavy atom. The molecule has 1 unspecified atom stereocenters. The number of amides is 1. The van der Waals surface area contributed by atoms with Crippen LogP contribution < -0.4 is 0 Å². The number of hydrogen-bond acceptors (Lipinski definition) is 3. The lowest BCUT2D eigenvalue weighted by Gasteiger charge is -2.30. The molecule has 1 aliphatic rings. The lowest BCUT2D eigenvalue weighted by atomic mass is 9.97. The molecule has 0 spiro atoms.